The van der Waals surface area contributed by atoms with Crippen LogP contribution in [0.15, 0.2) is 12.7 Å². The van der Waals surface area contributed by atoms with Crippen molar-refractivity contribution in [2.24, 2.45) is 11.3 Å². The standard InChI is InChI=1S/C17H31NO2/c1-6-13-18-17(15(19)20-8-3)11-9-14(10-12-17)16(4,5)7-2/h6,14,18H,1,7-13H2,2-5H3. The summed E-state index contributed by atoms with van der Waals surface area (Å²) >= 11 is 0. The van der Waals surface area contributed by atoms with Gasteiger partial charge in [0.05, 0.1) is 6.61 Å². The third-order valence-electron chi connectivity index (χ3n) is 5.11. The summed E-state index contributed by atoms with van der Waals surface area (Å²) in [6, 6.07) is 0. The lowest BCUT2D eigenvalue weighted by molar-refractivity contribution is -0.153. The van der Waals surface area contributed by atoms with Crippen LogP contribution in [-0.2, 0) is 9.53 Å². The van der Waals surface area contributed by atoms with Gasteiger partial charge >= 0.3 is 5.97 Å². The Morgan fingerprint density at radius 2 is 2.00 bits per heavy atom. The van der Waals surface area contributed by atoms with Gasteiger partial charge in [-0.2, -0.15) is 0 Å². The van der Waals surface area contributed by atoms with Crippen molar-refractivity contribution in [2.75, 3.05) is 13.2 Å². The van der Waals surface area contributed by atoms with E-state index in [1.165, 1.54) is 6.42 Å². The Bertz CT molecular complexity index is 328. The molecular formula is C17H31NO2. The third kappa shape index (κ3) is 3.85. The molecule has 0 unspecified atom stereocenters. The van der Waals surface area contributed by atoms with Gasteiger partial charge in [-0.1, -0.05) is 33.3 Å². The summed E-state index contributed by atoms with van der Waals surface area (Å²) in [7, 11) is 0. The van der Waals surface area contributed by atoms with Gasteiger partial charge in [0.1, 0.15) is 5.54 Å². The predicted octanol–water partition coefficient (Wildman–Crippen LogP) is 3.69. The lowest BCUT2D eigenvalue weighted by Gasteiger charge is -2.43. The molecule has 1 rings (SSSR count). The number of carbonyl (C=O) groups excluding carboxylic acids is 1. The van der Waals surface area contributed by atoms with Crippen molar-refractivity contribution >= 4 is 5.97 Å². The number of carbonyl (C=O) groups is 1. The molecule has 0 aliphatic heterocycles. The zero-order chi connectivity index (χ0) is 15.2. The zero-order valence-corrected chi connectivity index (χ0v) is 13.6. The first-order chi connectivity index (χ1) is 9.41. The molecule has 0 radical (unpaired) electrons. The van der Waals surface area contributed by atoms with Gasteiger partial charge < -0.3 is 4.74 Å². The lowest BCUT2D eigenvalue weighted by Crippen LogP contribution is -2.55. The van der Waals surface area contributed by atoms with Crippen molar-refractivity contribution in [1.29, 1.82) is 0 Å². The Balaban J connectivity index is 2.75. The van der Waals surface area contributed by atoms with E-state index in [0.717, 1.165) is 25.7 Å². The molecule has 0 aromatic carbocycles. The third-order valence-corrected chi connectivity index (χ3v) is 5.11. The smallest absolute Gasteiger partial charge is 0.326 e. The van der Waals surface area contributed by atoms with Crippen molar-refractivity contribution in [1.82, 2.24) is 5.32 Å². The van der Waals surface area contributed by atoms with Gasteiger partial charge in [0, 0.05) is 6.54 Å². The number of hydrogen-bond acceptors (Lipinski definition) is 3. The lowest BCUT2D eigenvalue weighted by atomic mass is 9.65. The summed E-state index contributed by atoms with van der Waals surface area (Å²) in [6.45, 7) is 13.6. The molecule has 0 heterocycles. The molecule has 1 saturated carbocycles. The molecule has 1 N–H and O–H groups in total. The molecule has 1 fully saturated rings. The molecule has 116 valence electrons. The highest BCUT2D eigenvalue weighted by Gasteiger charge is 2.44. The first-order valence-electron chi connectivity index (χ1n) is 7.95. The molecule has 0 atom stereocenters. The van der Waals surface area contributed by atoms with Crippen LogP contribution in [0.2, 0.25) is 0 Å². The monoisotopic (exact) mass is 281 g/mol. The minimum atomic E-state index is -0.496. The second-order valence-corrected chi connectivity index (χ2v) is 6.59. The molecule has 0 aromatic rings. The molecular weight excluding hydrogens is 250 g/mol. The maximum absolute atomic E-state index is 12.3. The van der Waals surface area contributed by atoms with Crippen LogP contribution in [0.1, 0.15) is 59.8 Å². The molecule has 0 spiro atoms. The predicted molar refractivity (Wildman–Crippen MR) is 83.6 cm³/mol. The number of ether oxygens (including phenoxy) is 1. The number of nitrogens with one attached hydrogen (secondary N) is 1. The van der Waals surface area contributed by atoms with Gasteiger partial charge in [-0.3, -0.25) is 10.1 Å². The van der Waals surface area contributed by atoms with Gasteiger partial charge in [0.15, 0.2) is 0 Å². The van der Waals surface area contributed by atoms with Crippen molar-refractivity contribution in [3.05, 3.63) is 12.7 Å². The zero-order valence-electron chi connectivity index (χ0n) is 13.6. The van der Waals surface area contributed by atoms with Crippen LogP contribution in [0.5, 0.6) is 0 Å². The molecule has 0 amide bonds. The summed E-state index contributed by atoms with van der Waals surface area (Å²) in [4.78, 5) is 12.3. The van der Waals surface area contributed by atoms with Gasteiger partial charge in [-0.15, -0.1) is 6.58 Å². The summed E-state index contributed by atoms with van der Waals surface area (Å²) in [6.07, 6.45) is 6.91. The fourth-order valence-corrected chi connectivity index (χ4v) is 3.17. The van der Waals surface area contributed by atoms with E-state index in [9.17, 15) is 4.79 Å². The average Bonchev–Trinajstić information content (AvgIpc) is 2.45. The highest BCUT2D eigenvalue weighted by atomic mass is 16.5. The Morgan fingerprint density at radius 3 is 2.45 bits per heavy atom. The fraction of sp³-hybridized carbons (Fsp3) is 0.824. The molecule has 1 aliphatic rings. The van der Waals surface area contributed by atoms with E-state index < -0.39 is 5.54 Å². The van der Waals surface area contributed by atoms with Gasteiger partial charge in [0.25, 0.3) is 0 Å². The molecule has 0 bridgehead atoms. The fourth-order valence-electron chi connectivity index (χ4n) is 3.17. The molecule has 0 aromatic heterocycles. The largest absolute Gasteiger partial charge is 0.465 e. The van der Waals surface area contributed by atoms with Crippen LogP contribution in [-0.4, -0.2) is 24.7 Å². The van der Waals surface area contributed by atoms with Gasteiger partial charge in [-0.05, 0) is 43.9 Å². The Labute approximate surface area is 124 Å². The van der Waals surface area contributed by atoms with Gasteiger partial charge in [-0.25, -0.2) is 0 Å². The minimum absolute atomic E-state index is 0.0883. The summed E-state index contributed by atoms with van der Waals surface area (Å²) in [5.74, 6) is 0.607. The van der Waals surface area contributed by atoms with Crippen LogP contribution in [0.4, 0.5) is 0 Å². The first kappa shape index (κ1) is 17.2. The SMILES string of the molecule is C=CCNC1(C(=O)OCC)CCC(C(C)(C)CC)CC1. The number of rotatable bonds is 7. The maximum atomic E-state index is 12.3. The van der Waals surface area contributed by atoms with Gasteiger partial charge in [0.2, 0.25) is 0 Å². The number of hydrogen-bond donors (Lipinski definition) is 1. The highest BCUT2D eigenvalue weighted by molar-refractivity contribution is 5.81. The van der Waals surface area contributed by atoms with Crippen LogP contribution < -0.4 is 5.32 Å². The molecule has 0 saturated heterocycles. The quantitative estimate of drug-likeness (QED) is 0.571. The average molecular weight is 281 g/mol. The van der Waals surface area contributed by atoms with Crippen LogP contribution in [0.25, 0.3) is 0 Å². The van der Waals surface area contributed by atoms with Crippen LogP contribution in [0, 0.1) is 11.3 Å². The maximum Gasteiger partial charge on any atom is 0.326 e. The Morgan fingerprint density at radius 1 is 1.40 bits per heavy atom. The van der Waals surface area contributed by atoms with Crippen molar-refractivity contribution in [3.63, 3.8) is 0 Å². The number of esters is 1. The highest BCUT2D eigenvalue weighted by Crippen LogP contribution is 2.43. The van der Waals surface area contributed by atoms with Crippen molar-refractivity contribution < 1.29 is 9.53 Å². The van der Waals surface area contributed by atoms with E-state index in [2.05, 4.69) is 32.7 Å². The van der Waals surface area contributed by atoms with E-state index >= 15 is 0 Å². The topological polar surface area (TPSA) is 38.3 Å². The Kier molecular flexibility index (Phi) is 6.25. The summed E-state index contributed by atoms with van der Waals surface area (Å²) in [5.41, 5.74) is -0.135. The van der Waals surface area contributed by atoms with E-state index in [-0.39, 0.29) is 5.97 Å². The van der Waals surface area contributed by atoms with E-state index in [4.69, 9.17) is 4.74 Å². The normalized spacial score (nSPS) is 27.1. The first-order valence-corrected chi connectivity index (χ1v) is 7.95. The van der Waals surface area contributed by atoms with Crippen molar-refractivity contribution in [3.8, 4) is 0 Å². The molecule has 3 nitrogen and oxygen atoms in total. The second kappa shape index (κ2) is 7.26. The molecule has 20 heavy (non-hydrogen) atoms. The summed E-state index contributed by atoms with van der Waals surface area (Å²) in [5, 5.41) is 3.37. The minimum Gasteiger partial charge on any atom is -0.465 e. The van der Waals surface area contributed by atoms with Crippen LogP contribution in [0.3, 0.4) is 0 Å². The molecule has 1 aliphatic carbocycles. The van der Waals surface area contributed by atoms with E-state index in [1.807, 2.05) is 13.0 Å². The van der Waals surface area contributed by atoms with E-state index in [1.54, 1.807) is 0 Å². The summed E-state index contributed by atoms with van der Waals surface area (Å²) < 4.78 is 5.29. The second-order valence-electron chi connectivity index (χ2n) is 6.59. The van der Waals surface area contributed by atoms with Crippen molar-refractivity contribution in [2.45, 2.75) is 65.3 Å². The Hall–Kier alpha value is -0.830. The molecule has 3 heteroatoms. The van der Waals surface area contributed by atoms with E-state index in [0.29, 0.717) is 24.5 Å². The van der Waals surface area contributed by atoms with Crippen LogP contribution >= 0.6 is 0 Å².